The van der Waals surface area contributed by atoms with Crippen LogP contribution >= 0.6 is 0 Å². The molecular weight excluding hydrogens is 234 g/mol. The number of nitrogens with one attached hydrogen (secondary N) is 1. The van der Waals surface area contributed by atoms with Gasteiger partial charge in [-0.3, -0.25) is 4.79 Å². The summed E-state index contributed by atoms with van der Waals surface area (Å²) in [6, 6.07) is 4.87. The minimum atomic E-state index is -0.976. The molecular formula is C13H15NO4. The Balaban J connectivity index is 1.92. The maximum atomic E-state index is 11.4. The summed E-state index contributed by atoms with van der Waals surface area (Å²) in [5, 5.41) is 11.6. The quantitative estimate of drug-likeness (QED) is 0.826. The van der Waals surface area contributed by atoms with Crippen LogP contribution in [0.25, 0.3) is 0 Å². The Morgan fingerprint density at radius 2 is 2.17 bits per heavy atom. The van der Waals surface area contributed by atoms with Gasteiger partial charge in [-0.05, 0) is 43.5 Å². The molecule has 1 aliphatic rings. The van der Waals surface area contributed by atoms with Crippen molar-refractivity contribution in [1.82, 2.24) is 5.32 Å². The van der Waals surface area contributed by atoms with E-state index in [0.717, 1.165) is 12.8 Å². The number of carboxylic acid groups (broad SMARTS) is 1. The van der Waals surface area contributed by atoms with Gasteiger partial charge in [0.05, 0.1) is 5.56 Å². The number of aromatic carboxylic acids is 1. The molecule has 5 heteroatoms. The fourth-order valence-corrected chi connectivity index (χ4v) is 1.58. The number of rotatable bonds is 5. The Morgan fingerprint density at radius 3 is 2.72 bits per heavy atom. The summed E-state index contributed by atoms with van der Waals surface area (Å²) in [6.07, 6.45) is 2.08. The van der Waals surface area contributed by atoms with Crippen LogP contribution in [0.3, 0.4) is 0 Å². The Morgan fingerprint density at radius 1 is 1.44 bits per heavy atom. The van der Waals surface area contributed by atoms with Crippen LogP contribution in [0.4, 0.5) is 0 Å². The molecule has 2 rings (SSSR count). The molecule has 0 saturated heterocycles. The summed E-state index contributed by atoms with van der Waals surface area (Å²) in [4.78, 5) is 22.2. The second-order valence-electron chi connectivity index (χ2n) is 4.42. The number of amides is 1. The molecule has 0 spiro atoms. The van der Waals surface area contributed by atoms with Gasteiger partial charge in [-0.25, -0.2) is 4.79 Å². The fraction of sp³-hybridized carbons (Fsp3) is 0.385. The minimum absolute atomic E-state index is 0.0379. The maximum Gasteiger partial charge on any atom is 0.335 e. The van der Waals surface area contributed by atoms with Gasteiger partial charge in [0.15, 0.2) is 6.61 Å². The van der Waals surface area contributed by atoms with E-state index >= 15 is 0 Å². The van der Waals surface area contributed by atoms with Crippen molar-refractivity contribution in [2.45, 2.75) is 25.8 Å². The van der Waals surface area contributed by atoms with E-state index in [0.29, 0.717) is 17.4 Å². The van der Waals surface area contributed by atoms with Gasteiger partial charge in [-0.1, -0.05) is 0 Å². The van der Waals surface area contributed by atoms with Crippen LogP contribution in [-0.2, 0) is 4.79 Å². The average molecular weight is 249 g/mol. The lowest BCUT2D eigenvalue weighted by Gasteiger charge is -2.09. The van der Waals surface area contributed by atoms with Crippen molar-refractivity contribution in [3.63, 3.8) is 0 Å². The highest BCUT2D eigenvalue weighted by Gasteiger charge is 2.23. The summed E-state index contributed by atoms with van der Waals surface area (Å²) < 4.78 is 5.36. The average Bonchev–Trinajstić information content (AvgIpc) is 3.11. The van der Waals surface area contributed by atoms with Crippen LogP contribution in [0, 0.1) is 6.92 Å². The zero-order valence-corrected chi connectivity index (χ0v) is 10.1. The number of carbonyl (C=O) groups excluding carboxylic acids is 1. The van der Waals surface area contributed by atoms with E-state index in [4.69, 9.17) is 9.84 Å². The van der Waals surface area contributed by atoms with Crippen LogP contribution < -0.4 is 10.1 Å². The molecule has 0 atom stereocenters. The molecule has 96 valence electrons. The molecule has 1 aromatic carbocycles. The van der Waals surface area contributed by atoms with Gasteiger partial charge >= 0.3 is 5.97 Å². The van der Waals surface area contributed by atoms with Crippen molar-refractivity contribution in [3.8, 4) is 5.75 Å². The molecule has 0 bridgehead atoms. The van der Waals surface area contributed by atoms with E-state index in [9.17, 15) is 9.59 Å². The number of hydrogen-bond acceptors (Lipinski definition) is 3. The molecule has 1 aromatic rings. The van der Waals surface area contributed by atoms with Crippen LogP contribution in [0.5, 0.6) is 5.75 Å². The van der Waals surface area contributed by atoms with E-state index in [1.165, 1.54) is 12.1 Å². The Bertz CT molecular complexity index is 480. The number of benzene rings is 1. The molecule has 0 aliphatic heterocycles. The molecule has 1 fully saturated rings. The molecule has 0 unspecified atom stereocenters. The first-order valence-corrected chi connectivity index (χ1v) is 5.82. The summed E-state index contributed by atoms with van der Waals surface area (Å²) >= 11 is 0. The largest absolute Gasteiger partial charge is 0.484 e. The predicted octanol–water partition coefficient (Wildman–Crippen LogP) is 1.35. The molecule has 1 aliphatic carbocycles. The van der Waals surface area contributed by atoms with E-state index in [1.54, 1.807) is 13.0 Å². The lowest BCUT2D eigenvalue weighted by atomic mass is 10.1. The van der Waals surface area contributed by atoms with Crippen LogP contribution in [0.15, 0.2) is 18.2 Å². The highest BCUT2D eigenvalue weighted by Crippen LogP contribution is 2.20. The molecule has 2 N–H and O–H groups in total. The Hall–Kier alpha value is -2.04. The predicted molar refractivity (Wildman–Crippen MR) is 64.8 cm³/mol. The van der Waals surface area contributed by atoms with Gasteiger partial charge in [-0.15, -0.1) is 0 Å². The number of ether oxygens (including phenoxy) is 1. The number of carboxylic acids is 1. The van der Waals surface area contributed by atoms with Crippen molar-refractivity contribution in [3.05, 3.63) is 29.3 Å². The van der Waals surface area contributed by atoms with Crippen LogP contribution in [0.2, 0.25) is 0 Å². The van der Waals surface area contributed by atoms with Gasteiger partial charge in [0.25, 0.3) is 5.91 Å². The molecule has 0 heterocycles. The van der Waals surface area contributed by atoms with Gasteiger partial charge in [0, 0.05) is 6.04 Å². The lowest BCUT2D eigenvalue weighted by molar-refractivity contribution is -0.123. The number of hydrogen-bond donors (Lipinski definition) is 2. The SMILES string of the molecule is Cc1cc(C(=O)O)ccc1OCC(=O)NC1CC1. The zero-order chi connectivity index (χ0) is 13.1. The van der Waals surface area contributed by atoms with Crippen molar-refractivity contribution in [1.29, 1.82) is 0 Å². The van der Waals surface area contributed by atoms with Gasteiger partial charge in [0.1, 0.15) is 5.75 Å². The maximum absolute atomic E-state index is 11.4. The Kier molecular flexibility index (Phi) is 3.50. The van der Waals surface area contributed by atoms with Gasteiger partial charge in [0.2, 0.25) is 0 Å². The fourth-order valence-electron chi connectivity index (χ4n) is 1.58. The first-order valence-electron chi connectivity index (χ1n) is 5.82. The third-order valence-electron chi connectivity index (χ3n) is 2.72. The molecule has 5 nitrogen and oxygen atoms in total. The third-order valence-corrected chi connectivity index (χ3v) is 2.72. The van der Waals surface area contributed by atoms with E-state index in [-0.39, 0.29) is 18.1 Å². The van der Waals surface area contributed by atoms with Crippen molar-refractivity contribution in [2.75, 3.05) is 6.61 Å². The monoisotopic (exact) mass is 249 g/mol. The smallest absolute Gasteiger partial charge is 0.335 e. The van der Waals surface area contributed by atoms with Gasteiger partial charge < -0.3 is 15.2 Å². The highest BCUT2D eigenvalue weighted by atomic mass is 16.5. The summed E-state index contributed by atoms with van der Waals surface area (Å²) in [5.41, 5.74) is 0.913. The van der Waals surface area contributed by atoms with Crippen LogP contribution in [0.1, 0.15) is 28.8 Å². The zero-order valence-electron chi connectivity index (χ0n) is 10.1. The second kappa shape index (κ2) is 5.08. The lowest BCUT2D eigenvalue weighted by Crippen LogP contribution is -2.30. The topological polar surface area (TPSA) is 75.6 Å². The summed E-state index contributed by atoms with van der Waals surface area (Å²) in [5.74, 6) is -0.582. The van der Waals surface area contributed by atoms with Crippen molar-refractivity contribution >= 4 is 11.9 Å². The number of carbonyl (C=O) groups is 2. The second-order valence-corrected chi connectivity index (χ2v) is 4.42. The van der Waals surface area contributed by atoms with E-state index < -0.39 is 5.97 Å². The summed E-state index contributed by atoms with van der Waals surface area (Å²) in [7, 11) is 0. The summed E-state index contributed by atoms with van der Waals surface area (Å²) in [6.45, 7) is 1.71. The molecule has 0 aromatic heterocycles. The van der Waals surface area contributed by atoms with E-state index in [1.807, 2.05) is 0 Å². The van der Waals surface area contributed by atoms with Crippen molar-refractivity contribution in [2.24, 2.45) is 0 Å². The molecule has 18 heavy (non-hydrogen) atoms. The van der Waals surface area contributed by atoms with Crippen molar-refractivity contribution < 1.29 is 19.4 Å². The molecule has 1 saturated carbocycles. The standard InChI is InChI=1S/C13H15NO4/c1-8-6-9(13(16)17)2-5-11(8)18-7-12(15)14-10-3-4-10/h2,5-6,10H,3-4,7H2,1H3,(H,14,15)(H,16,17). The highest BCUT2D eigenvalue weighted by molar-refractivity contribution is 5.88. The first-order chi connectivity index (χ1) is 8.56. The van der Waals surface area contributed by atoms with Crippen LogP contribution in [-0.4, -0.2) is 29.6 Å². The minimum Gasteiger partial charge on any atom is -0.484 e. The Labute approximate surface area is 105 Å². The third kappa shape index (κ3) is 3.23. The normalized spacial score (nSPS) is 14.1. The molecule has 1 amide bonds. The number of aryl methyl sites for hydroxylation is 1. The first kappa shape index (κ1) is 12.4. The van der Waals surface area contributed by atoms with E-state index in [2.05, 4.69) is 5.32 Å². The molecule has 0 radical (unpaired) electrons. The van der Waals surface area contributed by atoms with Gasteiger partial charge in [-0.2, -0.15) is 0 Å².